The van der Waals surface area contributed by atoms with Crippen LogP contribution in [0.3, 0.4) is 0 Å². The number of hydrogen-bond acceptors (Lipinski definition) is 3. The fourth-order valence-corrected chi connectivity index (χ4v) is 6.93. The molecule has 3 aromatic rings. The highest BCUT2D eigenvalue weighted by molar-refractivity contribution is 7.92. The Morgan fingerprint density at radius 1 is 0.654 bits per heavy atom. The second kappa shape index (κ2) is 5.53. The molecule has 2 aliphatic carbocycles. The van der Waals surface area contributed by atoms with E-state index in [0.29, 0.717) is 4.90 Å². The van der Waals surface area contributed by atoms with Crippen molar-refractivity contribution in [2.45, 2.75) is 28.1 Å². The summed E-state index contributed by atoms with van der Waals surface area (Å²) in [6.07, 6.45) is -0.824. The van der Waals surface area contributed by atoms with Gasteiger partial charge in [-0.2, -0.15) is 0 Å². The Hall–Kier alpha value is -2.43. The lowest BCUT2D eigenvalue weighted by Gasteiger charge is -2.35. The zero-order chi connectivity index (χ0) is 17.9. The standard InChI is InChI=1S/C22H18O3S/c23-21-18-13-7-6-12-17(18)19-15-10-4-5-11-16(15)20(21)22(19)26(24,25)14-8-2-1-3-9-14/h1-13,19-23H/t19-,20-,21-,22-/m1/s1. The van der Waals surface area contributed by atoms with Crippen molar-refractivity contribution >= 4 is 9.84 Å². The Morgan fingerprint density at radius 2 is 1.15 bits per heavy atom. The molecule has 1 N–H and O–H groups in total. The van der Waals surface area contributed by atoms with Crippen LogP contribution in [0.1, 0.15) is 40.2 Å². The summed E-state index contributed by atoms with van der Waals surface area (Å²) in [5.41, 5.74) is 3.74. The molecule has 0 aliphatic heterocycles. The summed E-state index contributed by atoms with van der Waals surface area (Å²) in [5.74, 6) is -0.697. The van der Waals surface area contributed by atoms with Gasteiger partial charge >= 0.3 is 0 Å². The van der Waals surface area contributed by atoms with Gasteiger partial charge < -0.3 is 5.11 Å². The fourth-order valence-electron chi connectivity index (χ4n) is 4.75. The first-order valence-electron chi connectivity index (χ1n) is 8.75. The van der Waals surface area contributed by atoms with Crippen molar-refractivity contribution in [2.75, 3.05) is 0 Å². The SMILES string of the molecule is O=S(=O)(c1ccccc1)[C@@H]1[C@@H]2c3ccccc3[C@@H]1[C@H](O)c1ccccc12. The van der Waals surface area contributed by atoms with Gasteiger partial charge in [-0.25, -0.2) is 8.42 Å². The molecular formula is C22H18O3S. The summed E-state index contributed by atoms with van der Waals surface area (Å²) < 4.78 is 27.1. The van der Waals surface area contributed by atoms with E-state index in [2.05, 4.69) is 0 Å². The van der Waals surface area contributed by atoms with E-state index in [1.165, 1.54) is 0 Å². The molecule has 0 radical (unpaired) electrons. The lowest BCUT2D eigenvalue weighted by Crippen LogP contribution is -2.37. The second-order valence-electron chi connectivity index (χ2n) is 7.03. The van der Waals surface area contributed by atoms with Gasteiger partial charge in [0, 0.05) is 11.8 Å². The van der Waals surface area contributed by atoms with Crippen LogP contribution in [-0.2, 0) is 9.84 Å². The zero-order valence-corrected chi connectivity index (χ0v) is 14.8. The maximum atomic E-state index is 13.6. The van der Waals surface area contributed by atoms with Crippen LogP contribution in [0.5, 0.6) is 0 Å². The molecule has 4 atom stereocenters. The van der Waals surface area contributed by atoms with Crippen LogP contribution in [0, 0.1) is 0 Å². The van der Waals surface area contributed by atoms with Gasteiger partial charge in [-0.3, -0.25) is 0 Å². The largest absolute Gasteiger partial charge is 0.388 e. The first-order valence-corrected chi connectivity index (χ1v) is 10.3. The molecule has 0 unspecified atom stereocenters. The van der Waals surface area contributed by atoms with Crippen molar-refractivity contribution in [1.82, 2.24) is 0 Å². The van der Waals surface area contributed by atoms with Crippen molar-refractivity contribution in [3.63, 3.8) is 0 Å². The normalized spacial score (nSPS) is 26.2. The fraction of sp³-hybridized carbons (Fsp3) is 0.182. The third-order valence-corrected chi connectivity index (χ3v) is 8.00. The summed E-state index contributed by atoms with van der Waals surface area (Å²) in [4.78, 5) is 0.319. The Kier molecular flexibility index (Phi) is 3.36. The summed E-state index contributed by atoms with van der Waals surface area (Å²) >= 11 is 0. The lowest BCUT2D eigenvalue weighted by molar-refractivity contribution is 0.136. The van der Waals surface area contributed by atoms with Gasteiger partial charge in [0.15, 0.2) is 9.84 Å². The van der Waals surface area contributed by atoms with Crippen molar-refractivity contribution < 1.29 is 13.5 Å². The molecule has 3 nitrogen and oxygen atoms in total. The number of aliphatic hydroxyl groups excluding tert-OH is 1. The molecule has 3 aromatic carbocycles. The van der Waals surface area contributed by atoms with Crippen molar-refractivity contribution in [3.8, 4) is 0 Å². The highest BCUT2D eigenvalue weighted by atomic mass is 32.2. The topological polar surface area (TPSA) is 54.4 Å². The molecule has 0 amide bonds. The summed E-state index contributed by atoms with van der Waals surface area (Å²) in [5, 5.41) is 10.4. The number of benzene rings is 3. The maximum absolute atomic E-state index is 13.6. The van der Waals surface area contributed by atoms with E-state index < -0.39 is 27.1 Å². The minimum absolute atomic E-state index is 0.249. The Bertz CT molecular complexity index is 1090. The maximum Gasteiger partial charge on any atom is 0.182 e. The summed E-state index contributed by atoms with van der Waals surface area (Å²) in [7, 11) is -3.60. The third-order valence-electron chi connectivity index (χ3n) is 5.79. The molecule has 5 rings (SSSR count). The highest BCUT2D eigenvalue weighted by Gasteiger charge is 2.55. The molecule has 0 heterocycles. The summed E-state index contributed by atoms with van der Waals surface area (Å²) in [6, 6.07) is 24.1. The molecular weight excluding hydrogens is 344 g/mol. The Labute approximate surface area is 152 Å². The van der Waals surface area contributed by atoms with Crippen molar-refractivity contribution in [2.24, 2.45) is 0 Å². The lowest BCUT2D eigenvalue weighted by atomic mass is 9.79. The molecule has 2 bridgehead atoms. The van der Waals surface area contributed by atoms with Gasteiger partial charge in [0.25, 0.3) is 0 Å². The van der Waals surface area contributed by atoms with Crippen LogP contribution in [0.4, 0.5) is 0 Å². The Balaban J connectivity index is 1.79. The predicted octanol–water partition coefficient (Wildman–Crippen LogP) is 3.81. The van der Waals surface area contributed by atoms with Gasteiger partial charge in [-0.15, -0.1) is 0 Å². The van der Waals surface area contributed by atoms with Crippen LogP contribution in [0.15, 0.2) is 83.8 Å². The van der Waals surface area contributed by atoms with E-state index in [4.69, 9.17) is 0 Å². The van der Waals surface area contributed by atoms with E-state index in [9.17, 15) is 13.5 Å². The van der Waals surface area contributed by atoms with Crippen molar-refractivity contribution in [3.05, 3.63) is 101 Å². The van der Waals surface area contributed by atoms with Gasteiger partial charge in [0.1, 0.15) is 0 Å². The molecule has 0 fully saturated rings. The smallest absolute Gasteiger partial charge is 0.182 e. The van der Waals surface area contributed by atoms with Gasteiger partial charge in [-0.1, -0.05) is 66.7 Å². The average Bonchev–Trinajstić information content (AvgIpc) is 2.99. The van der Waals surface area contributed by atoms with E-state index in [1.54, 1.807) is 24.3 Å². The second-order valence-corrected chi connectivity index (χ2v) is 9.13. The van der Waals surface area contributed by atoms with Crippen LogP contribution in [0.2, 0.25) is 0 Å². The minimum Gasteiger partial charge on any atom is -0.388 e. The van der Waals surface area contributed by atoms with Gasteiger partial charge in [-0.05, 0) is 34.4 Å². The number of rotatable bonds is 2. The zero-order valence-electron chi connectivity index (χ0n) is 14.0. The van der Waals surface area contributed by atoms with Crippen LogP contribution in [-0.4, -0.2) is 18.8 Å². The monoisotopic (exact) mass is 362 g/mol. The first kappa shape index (κ1) is 15.8. The Morgan fingerprint density at radius 3 is 1.81 bits per heavy atom. The number of fused-ring (bicyclic) bond motifs is 7. The third kappa shape index (κ3) is 2.00. The quantitative estimate of drug-likeness (QED) is 0.754. The highest BCUT2D eigenvalue weighted by Crippen LogP contribution is 2.59. The average molecular weight is 362 g/mol. The molecule has 130 valence electrons. The predicted molar refractivity (Wildman–Crippen MR) is 99.8 cm³/mol. The number of sulfone groups is 1. The molecule has 2 aliphatic rings. The summed E-state index contributed by atoms with van der Waals surface area (Å²) in [6.45, 7) is 0. The van der Waals surface area contributed by atoms with Crippen LogP contribution in [0.25, 0.3) is 0 Å². The van der Waals surface area contributed by atoms with E-state index in [-0.39, 0.29) is 5.92 Å². The molecule has 0 saturated carbocycles. The molecule has 0 aromatic heterocycles. The van der Waals surface area contributed by atoms with E-state index in [1.807, 2.05) is 54.6 Å². The minimum atomic E-state index is -3.60. The molecule has 0 spiro atoms. The molecule has 26 heavy (non-hydrogen) atoms. The number of aliphatic hydroxyl groups is 1. The molecule has 0 saturated heterocycles. The van der Waals surface area contributed by atoms with Gasteiger partial charge in [0.2, 0.25) is 0 Å². The van der Waals surface area contributed by atoms with Crippen LogP contribution < -0.4 is 0 Å². The first-order chi connectivity index (χ1) is 12.6. The van der Waals surface area contributed by atoms with E-state index >= 15 is 0 Å². The van der Waals surface area contributed by atoms with Gasteiger partial charge in [0.05, 0.1) is 16.2 Å². The molecule has 4 heteroatoms. The number of hydrogen-bond donors (Lipinski definition) is 1. The van der Waals surface area contributed by atoms with Crippen LogP contribution >= 0.6 is 0 Å². The van der Waals surface area contributed by atoms with E-state index in [0.717, 1.165) is 22.3 Å². The van der Waals surface area contributed by atoms with Crippen molar-refractivity contribution in [1.29, 1.82) is 0 Å².